The van der Waals surface area contributed by atoms with Gasteiger partial charge in [0.15, 0.2) is 5.69 Å². The van der Waals surface area contributed by atoms with Crippen molar-refractivity contribution in [1.29, 1.82) is 0 Å². The van der Waals surface area contributed by atoms with Crippen molar-refractivity contribution in [3.8, 4) is 0 Å². The number of benzene rings is 1. The first-order chi connectivity index (χ1) is 14.0. The van der Waals surface area contributed by atoms with Crippen LogP contribution in [0.4, 0.5) is 8.78 Å². The molecule has 2 aromatic rings. The summed E-state index contributed by atoms with van der Waals surface area (Å²) in [5.41, 5.74) is 0.985. The molecule has 0 spiro atoms. The van der Waals surface area contributed by atoms with E-state index in [9.17, 15) is 4.79 Å². The number of hydrogen-bond donors (Lipinski definition) is 0. The smallest absolute Gasteiger partial charge is 0.338 e. The zero-order chi connectivity index (χ0) is 22.1. The van der Waals surface area contributed by atoms with Crippen molar-refractivity contribution >= 4 is 5.97 Å². The van der Waals surface area contributed by atoms with Gasteiger partial charge in [0.1, 0.15) is 5.60 Å². The average Bonchev–Trinajstić information content (AvgIpc) is 3.07. The van der Waals surface area contributed by atoms with Crippen molar-refractivity contribution in [1.82, 2.24) is 15.0 Å². The van der Waals surface area contributed by atoms with Gasteiger partial charge in [0.2, 0.25) is 0 Å². The fourth-order valence-electron chi connectivity index (χ4n) is 3.91. The molecule has 1 aromatic carbocycles. The van der Waals surface area contributed by atoms with Crippen molar-refractivity contribution in [2.24, 2.45) is 5.92 Å². The highest BCUT2D eigenvalue weighted by Crippen LogP contribution is 2.43. The Morgan fingerprint density at radius 3 is 2.50 bits per heavy atom. The first-order valence-corrected chi connectivity index (χ1v) is 10.6. The van der Waals surface area contributed by atoms with Gasteiger partial charge in [-0.15, -0.1) is 5.10 Å². The van der Waals surface area contributed by atoms with E-state index in [0.29, 0.717) is 24.1 Å². The molecule has 0 saturated carbocycles. The molecule has 0 amide bonds. The predicted molar refractivity (Wildman–Crippen MR) is 111 cm³/mol. The normalized spacial score (nSPS) is 19.1. The predicted octanol–water partition coefficient (Wildman–Crippen LogP) is 5.49. The highest BCUT2D eigenvalue weighted by molar-refractivity contribution is 5.89. The molecule has 0 saturated heterocycles. The van der Waals surface area contributed by atoms with Gasteiger partial charge in [-0.25, -0.2) is 9.48 Å². The molecule has 164 valence electrons. The quantitative estimate of drug-likeness (QED) is 0.615. The van der Waals surface area contributed by atoms with Gasteiger partial charge in [0, 0.05) is 12.0 Å². The summed E-state index contributed by atoms with van der Waals surface area (Å²) in [6.45, 7) is 9.27. The summed E-state index contributed by atoms with van der Waals surface area (Å²) in [4.78, 5) is 12.2. The maximum Gasteiger partial charge on any atom is 0.338 e. The average molecular weight is 420 g/mol. The van der Waals surface area contributed by atoms with Crippen LogP contribution in [0.1, 0.15) is 87.2 Å². The fraction of sp³-hybridized carbons (Fsp3) is 0.609. The van der Waals surface area contributed by atoms with Gasteiger partial charge in [0.05, 0.1) is 11.3 Å². The summed E-state index contributed by atoms with van der Waals surface area (Å²) in [6, 6.07) is 6.76. The number of hydrogen-bond acceptors (Lipinski definition) is 4. The summed E-state index contributed by atoms with van der Waals surface area (Å²) in [5, 5.41) is 7.91. The topological polar surface area (TPSA) is 57.0 Å². The second-order valence-corrected chi connectivity index (χ2v) is 9.39. The summed E-state index contributed by atoms with van der Waals surface area (Å²) in [6.07, 6.45) is 2.80. The molecule has 1 atom stereocenters. The Labute approximate surface area is 176 Å². The van der Waals surface area contributed by atoms with Crippen LogP contribution in [-0.2, 0) is 23.5 Å². The van der Waals surface area contributed by atoms with Crippen molar-refractivity contribution in [2.45, 2.75) is 84.3 Å². The SMILES string of the molecule is CC(C)n1nnc2c1CCCCC(Cc1ccc(C(=O)OC(C)(C)C)cc1)C2(F)F. The molecule has 0 N–H and O–H groups in total. The van der Waals surface area contributed by atoms with Crippen LogP contribution in [0.15, 0.2) is 24.3 Å². The molecule has 1 aliphatic rings. The number of ether oxygens (including phenoxy) is 1. The molecule has 7 heteroatoms. The molecule has 1 heterocycles. The lowest BCUT2D eigenvalue weighted by Crippen LogP contribution is -2.31. The molecular weight excluding hydrogens is 388 g/mol. The van der Waals surface area contributed by atoms with Gasteiger partial charge in [-0.3, -0.25) is 0 Å². The van der Waals surface area contributed by atoms with Gasteiger partial charge < -0.3 is 4.74 Å². The van der Waals surface area contributed by atoms with Crippen molar-refractivity contribution in [3.63, 3.8) is 0 Å². The van der Waals surface area contributed by atoms with E-state index in [1.165, 1.54) is 0 Å². The molecule has 0 radical (unpaired) electrons. The Morgan fingerprint density at radius 2 is 1.90 bits per heavy atom. The number of aromatic nitrogens is 3. The number of halogens is 2. The second-order valence-electron chi connectivity index (χ2n) is 9.39. The third-order valence-electron chi connectivity index (χ3n) is 5.40. The lowest BCUT2D eigenvalue weighted by molar-refractivity contribution is -0.0751. The standard InChI is InChI=1S/C23H31F2N3O2/c1-15(2)28-19-9-7-6-8-18(23(24,25)20(19)26-27-28)14-16-10-12-17(13-11-16)21(29)30-22(3,4)5/h10-13,15,18H,6-9,14H2,1-5H3. The van der Waals surface area contributed by atoms with Crippen LogP contribution in [0, 0.1) is 5.92 Å². The van der Waals surface area contributed by atoms with Crippen LogP contribution in [0.25, 0.3) is 0 Å². The van der Waals surface area contributed by atoms with Crippen molar-refractivity contribution < 1.29 is 18.3 Å². The minimum Gasteiger partial charge on any atom is -0.456 e. The Bertz CT molecular complexity index is 883. The summed E-state index contributed by atoms with van der Waals surface area (Å²) >= 11 is 0. The summed E-state index contributed by atoms with van der Waals surface area (Å²) in [7, 11) is 0. The molecule has 5 nitrogen and oxygen atoms in total. The van der Waals surface area contributed by atoms with Crippen molar-refractivity contribution in [3.05, 3.63) is 46.8 Å². The van der Waals surface area contributed by atoms with E-state index in [2.05, 4.69) is 10.3 Å². The monoisotopic (exact) mass is 419 g/mol. The third kappa shape index (κ3) is 4.87. The van der Waals surface area contributed by atoms with E-state index in [1.807, 2.05) is 13.8 Å². The second kappa shape index (κ2) is 8.44. The molecule has 0 bridgehead atoms. The lowest BCUT2D eigenvalue weighted by atomic mass is 9.83. The van der Waals surface area contributed by atoms with Crippen LogP contribution in [0.5, 0.6) is 0 Å². The van der Waals surface area contributed by atoms with Gasteiger partial charge in [0.25, 0.3) is 5.92 Å². The van der Waals surface area contributed by atoms with Crippen LogP contribution in [0.3, 0.4) is 0 Å². The lowest BCUT2D eigenvalue weighted by Gasteiger charge is -2.28. The van der Waals surface area contributed by atoms with Crippen LogP contribution in [-0.4, -0.2) is 26.6 Å². The Morgan fingerprint density at radius 1 is 1.23 bits per heavy atom. The highest BCUT2D eigenvalue weighted by atomic mass is 19.3. The van der Waals surface area contributed by atoms with Crippen molar-refractivity contribution in [2.75, 3.05) is 0 Å². The van der Waals surface area contributed by atoms with E-state index in [4.69, 9.17) is 4.74 Å². The van der Waals surface area contributed by atoms with Crippen LogP contribution in [0.2, 0.25) is 0 Å². The number of nitrogens with zero attached hydrogens (tertiary/aromatic N) is 3. The number of alkyl halides is 2. The molecule has 3 rings (SSSR count). The number of carbonyl (C=O) groups excluding carboxylic acids is 1. The van der Waals surface area contributed by atoms with Gasteiger partial charge in [-0.05, 0) is 78.0 Å². The Balaban J connectivity index is 1.81. The molecular formula is C23H31F2N3O2. The number of esters is 1. The van der Waals surface area contributed by atoms with Crippen LogP contribution < -0.4 is 0 Å². The summed E-state index contributed by atoms with van der Waals surface area (Å²) in [5.74, 6) is -4.33. The van der Waals surface area contributed by atoms with E-state index < -0.39 is 23.4 Å². The minimum atomic E-state index is -3.05. The number of rotatable bonds is 4. The fourth-order valence-corrected chi connectivity index (χ4v) is 3.91. The van der Waals surface area contributed by atoms with Gasteiger partial charge >= 0.3 is 5.97 Å². The van der Waals surface area contributed by atoms with Gasteiger partial charge in [-0.1, -0.05) is 23.8 Å². The zero-order valence-corrected chi connectivity index (χ0v) is 18.4. The molecule has 1 unspecified atom stereocenters. The third-order valence-corrected chi connectivity index (χ3v) is 5.40. The Kier molecular flexibility index (Phi) is 6.29. The zero-order valence-electron chi connectivity index (χ0n) is 18.4. The maximum atomic E-state index is 15.5. The van der Waals surface area contributed by atoms with E-state index >= 15 is 8.78 Å². The number of carbonyl (C=O) groups is 1. The molecule has 30 heavy (non-hydrogen) atoms. The van der Waals surface area contributed by atoms with E-state index in [0.717, 1.165) is 18.4 Å². The van der Waals surface area contributed by atoms with Gasteiger partial charge in [-0.2, -0.15) is 8.78 Å². The largest absolute Gasteiger partial charge is 0.456 e. The van der Waals surface area contributed by atoms with Crippen LogP contribution >= 0.6 is 0 Å². The van der Waals surface area contributed by atoms with E-state index in [1.54, 1.807) is 49.7 Å². The number of fused-ring (bicyclic) bond motifs is 1. The summed E-state index contributed by atoms with van der Waals surface area (Å²) < 4.78 is 37.9. The van der Waals surface area contributed by atoms with E-state index in [-0.39, 0.29) is 18.2 Å². The molecule has 0 aliphatic heterocycles. The molecule has 1 aromatic heterocycles. The first kappa shape index (κ1) is 22.4. The minimum absolute atomic E-state index is 0.00433. The Hall–Kier alpha value is -2.31. The molecule has 0 fully saturated rings. The maximum absolute atomic E-state index is 15.5. The first-order valence-electron chi connectivity index (χ1n) is 10.6. The molecule has 1 aliphatic carbocycles. The highest BCUT2D eigenvalue weighted by Gasteiger charge is 2.46.